The molecular weight excluding hydrogens is 420 g/mol. The van der Waals surface area contributed by atoms with Gasteiger partial charge in [-0.1, -0.05) is 40.2 Å². The molecule has 2 aromatic heterocycles. The van der Waals surface area contributed by atoms with E-state index in [0.29, 0.717) is 24.5 Å². The third-order valence-electron chi connectivity index (χ3n) is 4.21. The molecule has 0 aliphatic carbocycles. The van der Waals surface area contributed by atoms with E-state index in [0.717, 1.165) is 15.6 Å². The van der Waals surface area contributed by atoms with Crippen molar-refractivity contribution in [2.45, 2.75) is 13.1 Å². The van der Waals surface area contributed by atoms with Crippen LogP contribution >= 0.6 is 15.9 Å². The van der Waals surface area contributed by atoms with Gasteiger partial charge >= 0.3 is 0 Å². The first-order valence-electron chi connectivity index (χ1n) is 8.66. The van der Waals surface area contributed by atoms with Gasteiger partial charge in [-0.05, 0) is 35.4 Å². The van der Waals surface area contributed by atoms with Crippen LogP contribution in [0.2, 0.25) is 0 Å². The molecule has 0 bridgehead atoms. The Hall–Kier alpha value is -3.26. The maximum absolute atomic E-state index is 12.6. The fourth-order valence-electron chi connectivity index (χ4n) is 2.82. The zero-order valence-corrected chi connectivity index (χ0v) is 16.5. The van der Waals surface area contributed by atoms with Crippen molar-refractivity contribution in [1.29, 1.82) is 0 Å². The Morgan fingerprint density at radius 2 is 1.86 bits per heavy atom. The minimum atomic E-state index is -0.178. The summed E-state index contributed by atoms with van der Waals surface area (Å²) in [6, 6.07) is 17.2. The molecule has 2 aromatic carbocycles. The zero-order chi connectivity index (χ0) is 19.3. The molecular formula is C20H17BrN6O. The molecule has 2 heterocycles. The van der Waals surface area contributed by atoms with Crippen molar-refractivity contribution in [3.8, 4) is 0 Å². The number of rotatable bonds is 6. The molecule has 0 spiro atoms. The molecule has 1 amide bonds. The number of benzene rings is 2. The van der Waals surface area contributed by atoms with Crippen molar-refractivity contribution in [3.05, 3.63) is 94.6 Å². The van der Waals surface area contributed by atoms with E-state index in [1.165, 1.54) is 6.33 Å². The lowest BCUT2D eigenvalue weighted by atomic mass is 10.1. The lowest BCUT2D eigenvalue weighted by Gasteiger charge is -2.10. The van der Waals surface area contributed by atoms with Crippen molar-refractivity contribution in [3.63, 3.8) is 0 Å². The van der Waals surface area contributed by atoms with Crippen molar-refractivity contribution >= 4 is 27.7 Å². The molecule has 0 radical (unpaired) electrons. The van der Waals surface area contributed by atoms with Gasteiger partial charge in [0.15, 0.2) is 0 Å². The molecule has 4 aromatic rings. The Kier molecular flexibility index (Phi) is 5.29. The lowest BCUT2D eigenvalue weighted by Crippen LogP contribution is -2.16. The van der Waals surface area contributed by atoms with Gasteiger partial charge in [-0.2, -0.15) is 10.2 Å². The van der Waals surface area contributed by atoms with Crippen LogP contribution in [0, 0.1) is 0 Å². The SMILES string of the molecule is O=C(Nc1ccnn1Cc1cccc(Br)c1)c1ccc(Cn2cncn2)cc1. The van der Waals surface area contributed by atoms with Crippen LogP contribution < -0.4 is 5.32 Å². The predicted molar refractivity (Wildman–Crippen MR) is 109 cm³/mol. The molecule has 1 N–H and O–H groups in total. The summed E-state index contributed by atoms with van der Waals surface area (Å²) in [5, 5.41) is 11.3. The minimum Gasteiger partial charge on any atom is -0.307 e. The summed E-state index contributed by atoms with van der Waals surface area (Å²) in [4.78, 5) is 16.5. The normalized spacial score (nSPS) is 10.8. The number of halogens is 1. The number of carbonyl (C=O) groups is 1. The highest BCUT2D eigenvalue weighted by Gasteiger charge is 2.10. The molecule has 28 heavy (non-hydrogen) atoms. The van der Waals surface area contributed by atoms with Crippen molar-refractivity contribution in [2.24, 2.45) is 0 Å². The van der Waals surface area contributed by atoms with Gasteiger partial charge in [0.1, 0.15) is 18.5 Å². The summed E-state index contributed by atoms with van der Waals surface area (Å²) in [5.41, 5.74) is 2.71. The van der Waals surface area contributed by atoms with Crippen molar-refractivity contribution in [1.82, 2.24) is 24.5 Å². The Balaban J connectivity index is 1.43. The molecule has 0 saturated heterocycles. The van der Waals surface area contributed by atoms with Crippen molar-refractivity contribution in [2.75, 3.05) is 5.32 Å². The second-order valence-corrected chi connectivity index (χ2v) is 7.16. The van der Waals surface area contributed by atoms with Gasteiger partial charge in [-0.15, -0.1) is 0 Å². The minimum absolute atomic E-state index is 0.178. The fourth-order valence-corrected chi connectivity index (χ4v) is 3.27. The van der Waals surface area contributed by atoms with E-state index in [-0.39, 0.29) is 5.91 Å². The van der Waals surface area contributed by atoms with Gasteiger partial charge in [-0.25, -0.2) is 14.3 Å². The average molecular weight is 437 g/mol. The first-order chi connectivity index (χ1) is 13.7. The molecule has 7 nitrogen and oxygen atoms in total. The molecule has 0 aliphatic heterocycles. The molecule has 0 atom stereocenters. The molecule has 0 unspecified atom stereocenters. The highest BCUT2D eigenvalue weighted by molar-refractivity contribution is 9.10. The van der Waals surface area contributed by atoms with Gasteiger partial charge in [0, 0.05) is 16.1 Å². The van der Waals surface area contributed by atoms with Crippen LogP contribution in [-0.2, 0) is 13.1 Å². The van der Waals surface area contributed by atoms with E-state index in [1.807, 2.05) is 36.4 Å². The standard InChI is InChI=1S/C20H17BrN6O/c21-18-3-1-2-16(10-18)12-27-19(8-9-23-27)25-20(28)17-6-4-15(5-7-17)11-26-14-22-13-24-26/h1-10,13-14H,11-12H2,(H,25,28). The largest absolute Gasteiger partial charge is 0.307 e. The maximum Gasteiger partial charge on any atom is 0.256 e. The highest BCUT2D eigenvalue weighted by atomic mass is 79.9. The summed E-state index contributed by atoms with van der Waals surface area (Å²) in [5.74, 6) is 0.472. The lowest BCUT2D eigenvalue weighted by molar-refractivity contribution is 0.102. The molecule has 0 saturated carbocycles. The number of aromatic nitrogens is 5. The monoisotopic (exact) mass is 436 g/mol. The van der Waals surface area contributed by atoms with Crippen LogP contribution in [-0.4, -0.2) is 30.5 Å². The smallest absolute Gasteiger partial charge is 0.256 e. The Morgan fingerprint density at radius 3 is 2.61 bits per heavy atom. The van der Waals surface area contributed by atoms with E-state index in [4.69, 9.17) is 0 Å². The number of hydrogen-bond donors (Lipinski definition) is 1. The van der Waals surface area contributed by atoms with E-state index in [1.54, 1.807) is 40.1 Å². The molecule has 0 aliphatic rings. The van der Waals surface area contributed by atoms with E-state index in [9.17, 15) is 4.79 Å². The summed E-state index contributed by atoms with van der Waals surface area (Å²) < 4.78 is 4.50. The Morgan fingerprint density at radius 1 is 1.00 bits per heavy atom. The van der Waals surface area contributed by atoms with Gasteiger partial charge in [-0.3, -0.25) is 4.79 Å². The van der Waals surface area contributed by atoms with E-state index < -0.39 is 0 Å². The molecule has 0 fully saturated rings. The second kappa shape index (κ2) is 8.18. The molecule has 140 valence electrons. The average Bonchev–Trinajstić information content (AvgIpc) is 3.35. The van der Waals surface area contributed by atoms with E-state index >= 15 is 0 Å². The maximum atomic E-state index is 12.6. The third kappa shape index (κ3) is 4.34. The number of carbonyl (C=O) groups excluding carboxylic acids is 1. The number of nitrogens with zero attached hydrogens (tertiary/aromatic N) is 5. The third-order valence-corrected chi connectivity index (χ3v) is 4.70. The summed E-state index contributed by atoms with van der Waals surface area (Å²) in [6.45, 7) is 1.18. The van der Waals surface area contributed by atoms with Gasteiger partial charge in [0.25, 0.3) is 5.91 Å². The summed E-state index contributed by atoms with van der Waals surface area (Å²) in [6.07, 6.45) is 4.83. The fraction of sp³-hybridized carbons (Fsp3) is 0.100. The molecule has 8 heteroatoms. The quantitative estimate of drug-likeness (QED) is 0.500. The number of hydrogen-bond acceptors (Lipinski definition) is 4. The van der Waals surface area contributed by atoms with Crippen LogP contribution in [0.4, 0.5) is 5.82 Å². The van der Waals surface area contributed by atoms with Gasteiger partial charge in [0.05, 0.1) is 19.3 Å². The number of anilines is 1. The van der Waals surface area contributed by atoms with Crippen LogP contribution in [0.15, 0.2) is 77.9 Å². The zero-order valence-electron chi connectivity index (χ0n) is 14.9. The summed E-state index contributed by atoms with van der Waals surface area (Å²) in [7, 11) is 0. The predicted octanol–water partition coefficient (Wildman–Crippen LogP) is 3.59. The van der Waals surface area contributed by atoms with Gasteiger partial charge < -0.3 is 5.32 Å². The number of amides is 1. The van der Waals surface area contributed by atoms with Crippen LogP contribution in [0.5, 0.6) is 0 Å². The van der Waals surface area contributed by atoms with Crippen LogP contribution in [0.1, 0.15) is 21.5 Å². The first kappa shape index (κ1) is 18.1. The Bertz CT molecular complexity index is 1070. The van der Waals surface area contributed by atoms with Gasteiger partial charge in [0.2, 0.25) is 0 Å². The molecule has 4 rings (SSSR count). The second-order valence-electron chi connectivity index (χ2n) is 6.25. The number of nitrogens with one attached hydrogen (secondary N) is 1. The Labute approximate surface area is 170 Å². The topological polar surface area (TPSA) is 77.6 Å². The van der Waals surface area contributed by atoms with Crippen LogP contribution in [0.25, 0.3) is 0 Å². The summed E-state index contributed by atoms with van der Waals surface area (Å²) >= 11 is 3.47. The first-order valence-corrected chi connectivity index (χ1v) is 9.46. The van der Waals surface area contributed by atoms with E-state index in [2.05, 4.69) is 36.4 Å². The van der Waals surface area contributed by atoms with Crippen LogP contribution in [0.3, 0.4) is 0 Å². The van der Waals surface area contributed by atoms with Crippen molar-refractivity contribution < 1.29 is 4.79 Å². The highest BCUT2D eigenvalue weighted by Crippen LogP contribution is 2.16.